The highest BCUT2D eigenvalue weighted by molar-refractivity contribution is 5.14. The zero-order chi connectivity index (χ0) is 11.5. The number of benzene rings is 1. The summed E-state index contributed by atoms with van der Waals surface area (Å²) in [7, 11) is 2.23. The topological polar surface area (TPSA) is 6.48 Å². The Bertz CT molecular complexity index is 311. The Morgan fingerprint density at radius 1 is 1.06 bits per heavy atom. The van der Waals surface area contributed by atoms with E-state index in [2.05, 4.69) is 61.0 Å². The molecule has 1 aliphatic heterocycles. The molecular formula is C14H22N2. The zero-order valence-electron chi connectivity index (χ0n) is 10.6. The fourth-order valence-electron chi connectivity index (χ4n) is 2.48. The maximum atomic E-state index is 2.56. The van der Waals surface area contributed by atoms with Gasteiger partial charge in [0.25, 0.3) is 0 Å². The SMILES string of the molecule is C[C@@H]1CN(Cc2ccccc2)C[C@H](C)N1C. The Labute approximate surface area is 98.9 Å². The Balaban J connectivity index is 1.97. The number of rotatable bonds is 2. The molecule has 1 aromatic carbocycles. The minimum Gasteiger partial charge on any atom is -0.298 e. The van der Waals surface area contributed by atoms with Crippen LogP contribution in [0.2, 0.25) is 0 Å². The van der Waals surface area contributed by atoms with Gasteiger partial charge in [-0.05, 0) is 26.5 Å². The summed E-state index contributed by atoms with van der Waals surface area (Å²) < 4.78 is 0. The van der Waals surface area contributed by atoms with E-state index in [-0.39, 0.29) is 0 Å². The summed E-state index contributed by atoms with van der Waals surface area (Å²) in [6.45, 7) is 8.07. The lowest BCUT2D eigenvalue weighted by Crippen LogP contribution is -2.54. The molecule has 0 amide bonds. The number of nitrogens with zero attached hydrogens (tertiary/aromatic N) is 2. The van der Waals surface area contributed by atoms with Gasteiger partial charge >= 0.3 is 0 Å². The molecule has 1 aromatic rings. The minimum absolute atomic E-state index is 0.660. The Kier molecular flexibility index (Phi) is 3.62. The van der Waals surface area contributed by atoms with E-state index in [1.807, 2.05) is 0 Å². The highest BCUT2D eigenvalue weighted by Gasteiger charge is 2.25. The van der Waals surface area contributed by atoms with Gasteiger partial charge in [0.2, 0.25) is 0 Å². The van der Waals surface area contributed by atoms with Gasteiger partial charge in [0.05, 0.1) is 0 Å². The van der Waals surface area contributed by atoms with Gasteiger partial charge in [0, 0.05) is 31.7 Å². The zero-order valence-corrected chi connectivity index (χ0v) is 10.6. The van der Waals surface area contributed by atoms with Crippen LogP contribution in [0.25, 0.3) is 0 Å². The van der Waals surface area contributed by atoms with Crippen LogP contribution in [0.1, 0.15) is 19.4 Å². The van der Waals surface area contributed by atoms with Crippen molar-refractivity contribution < 1.29 is 0 Å². The summed E-state index contributed by atoms with van der Waals surface area (Å²) >= 11 is 0. The van der Waals surface area contributed by atoms with Crippen LogP contribution in [0.3, 0.4) is 0 Å². The van der Waals surface area contributed by atoms with Crippen molar-refractivity contribution in [1.82, 2.24) is 9.80 Å². The van der Waals surface area contributed by atoms with Crippen LogP contribution in [0.5, 0.6) is 0 Å². The third kappa shape index (κ3) is 2.63. The summed E-state index contributed by atoms with van der Waals surface area (Å²) in [6.07, 6.45) is 0. The van der Waals surface area contributed by atoms with Crippen LogP contribution in [-0.2, 0) is 6.54 Å². The number of piperazine rings is 1. The van der Waals surface area contributed by atoms with E-state index >= 15 is 0 Å². The maximum Gasteiger partial charge on any atom is 0.0235 e. The van der Waals surface area contributed by atoms with Crippen LogP contribution in [0.4, 0.5) is 0 Å². The van der Waals surface area contributed by atoms with Gasteiger partial charge < -0.3 is 0 Å². The van der Waals surface area contributed by atoms with Crippen molar-refractivity contribution in [2.45, 2.75) is 32.5 Å². The fraction of sp³-hybridized carbons (Fsp3) is 0.571. The van der Waals surface area contributed by atoms with Crippen LogP contribution < -0.4 is 0 Å². The highest BCUT2D eigenvalue weighted by atomic mass is 15.3. The molecule has 0 aromatic heterocycles. The summed E-state index contributed by atoms with van der Waals surface area (Å²) in [4.78, 5) is 5.03. The minimum atomic E-state index is 0.660. The Hall–Kier alpha value is -0.860. The van der Waals surface area contributed by atoms with Gasteiger partial charge in [-0.3, -0.25) is 9.80 Å². The molecule has 1 aliphatic rings. The molecule has 0 saturated carbocycles. The van der Waals surface area contributed by atoms with Crippen LogP contribution in [0.15, 0.2) is 30.3 Å². The molecule has 2 atom stereocenters. The highest BCUT2D eigenvalue weighted by Crippen LogP contribution is 2.15. The monoisotopic (exact) mass is 218 g/mol. The van der Waals surface area contributed by atoms with Gasteiger partial charge in [-0.2, -0.15) is 0 Å². The third-order valence-corrected chi connectivity index (χ3v) is 3.68. The van der Waals surface area contributed by atoms with Crippen molar-refractivity contribution in [3.63, 3.8) is 0 Å². The van der Waals surface area contributed by atoms with Crippen LogP contribution in [-0.4, -0.2) is 42.0 Å². The van der Waals surface area contributed by atoms with Gasteiger partial charge in [0.15, 0.2) is 0 Å². The molecule has 0 radical (unpaired) electrons. The summed E-state index contributed by atoms with van der Waals surface area (Å²) in [6, 6.07) is 12.1. The molecule has 0 unspecified atom stereocenters. The lowest BCUT2D eigenvalue weighted by Gasteiger charge is -2.42. The third-order valence-electron chi connectivity index (χ3n) is 3.68. The fourth-order valence-corrected chi connectivity index (χ4v) is 2.48. The first kappa shape index (κ1) is 11.6. The van der Waals surface area contributed by atoms with Crippen molar-refractivity contribution in [3.05, 3.63) is 35.9 Å². The molecule has 2 heteroatoms. The second kappa shape index (κ2) is 4.98. The molecule has 2 rings (SSSR count). The van der Waals surface area contributed by atoms with E-state index in [0.717, 1.165) is 6.54 Å². The molecular weight excluding hydrogens is 196 g/mol. The first-order valence-electron chi connectivity index (χ1n) is 6.15. The van der Waals surface area contributed by atoms with Crippen LogP contribution >= 0.6 is 0 Å². The van der Waals surface area contributed by atoms with Gasteiger partial charge in [-0.15, -0.1) is 0 Å². The Morgan fingerprint density at radius 2 is 1.62 bits per heavy atom. The van der Waals surface area contributed by atoms with Crippen LogP contribution in [0, 0.1) is 0 Å². The summed E-state index contributed by atoms with van der Waals surface area (Å²) in [5, 5.41) is 0. The molecule has 0 N–H and O–H groups in total. The van der Waals surface area contributed by atoms with Crippen molar-refractivity contribution in [2.24, 2.45) is 0 Å². The van der Waals surface area contributed by atoms with Gasteiger partial charge in [-0.1, -0.05) is 30.3 Å². The predicted molar refractivity (Wildman–Crippen MR) is 68.4 cm³/mol. The number of hydrogen-bond acceptors (Lipinski definition) is 2. The second-order valence-corrected chi connectivity index (χ2v) is 5.04. The van der Waals surface area contributed by atoms with E-state index in [4.69, 9.17) is 0 Å². The molecule has 2 nitrogen and oxygen atoms in total. The molecule has 16 heavy (non-hydrogen) atoms. The molecule has 1 saturated heterocycles. The maximum absolute atomic E-state index is 2.56. The molecule has 1 heterocycles. The Morgan fingerprint density at radius 3 is 2.19 bits per heavy atom. The van der Waals surface area contributed by atoms with E-state index in [1.165, 1.54) is 18.7 Å². The standard InChI is InChI=1S/C14H22N2/c1-12-9-16(10-13(2)15(12)3)11-14-7-5-4-6-8-14/h4-8,12-13H,9-11H2,1-3H3/t12-,13+. The van der Waals surface area contributed by atoms with Crippen molar-refractivity contribution in [1.29, 1.82) is 0 Å². The summed E-state index contributed by atoms with van der Waals surface area (Å²) in [5.41, 5.74) is 1.42. The normalized spacial score (nSPS) is 28.2. The predicted octanol–water partition coefficient (Wildman–Crippen LogP) is 2.21. The molecule has 1 fully saturated rings. The molecule has 0 bridgehead atoms. The van der Waals surface area contributed by atoms with Crippen molar-refractivity contribution in [3.8, 4) is 0 Å². The van der Waals surface area contributed by atoms with E-state index < -0.39 is 0 Å². The lowest BCUT2D eigenvalue weighted by molar-refractivity contribution is 0.0556. The number of likely N-dealkylation sites (N-methyl/N-ethyl adjacent to an activating group) is 1. The first-order valence-corrected chi connectivity index (χ1v) is 6.15. The molecule has 88 valence electrons. The van der Waals surface area contributed by atoms with E-state index in [1.54, 1.807) is 0 Å². The lowest BCUT2D eigenvalue weighted by atomic mass is 10.1. The van der Waals surface area contributed by atoms with Gasteiger partial charge in [-0.25, -0.2) is 0 Å². The average molecular weight is 218 g/mol. The summed E-state index contributed by atoms with van der Waals surface area (Å²) in [5.74, 6) is 0. The van der Waals surface area contributed by atoms with Gasteiger partial charge in [0.1, 0.15) is 0 Å². The second-order valence-electron chi connectivity index (χ2n) is 5.04. The number of hydrogen-bond donors (Lipinski definition) is 0. The molecule has 0 aliphatic carbocycles. The van der Waals surface area contributed by atoms with E-state index in [9.17, 15) is 0 Å². The smallest absolute Gasteiger partial charge is 0.0235 e. The van der Waals surface area contributed by atoms with E-state index in [0.29, 0.717) is 12.1 Å². The first-order chi connectivity index (χ1) is 7.66. The average Bonchev–Trinajstić information content (AvgIpc) is 2.27. The van der Waals surface area contributed by atoms with Crippen molar-refractivity contribution in [2.75, 3.05) is 20.1 Å². The molecule has 0 spiro atoms. The van der Waals surface area contributed by atoms with Crippen molar-refractivity contribution >= 4 is 0 Å². The quantitative estimate of drug-likeness (QED) is 0.751. The largest absolute Gasteiger partial charge is 0.298 e.